The maximum Gasteiger partial charge on any atom is 0.326 e. The van der Waals surface area contributed by atoms with Gasteiger partial charge in [0.05, 0.1) is 0 Å². The zero-order valence-electron chi connectivity index (χ0n) is 15.4. The molecule has 1 aromatic rings. The number of anilines is 1. The smallest absolute Gasteiger partial charge is 0.326 e. The molecule has 2 fully saturated rings. The van der Waals surface area contributed by atoms with E-state index in [1.165, 1.54) is 4.90 Å². The Kier molecular flexibility index (Phi) is 6.56. The van der Waals surface area contributed by atoms with Gasteiger partial charge in [-0.25, -0.2) is 9.97 Å². The topological polar surface area (TPSA) is 95.9 Å². The van der Waals surface area contributed by atoms with E-state index in [1.54, 1.807) is 23.4 Å². The minimum Gasteiger partial charge on any atom is -0.454 e. The summed E-state index contributed by atoms with van der Waals surface area (Å²) in [5.41, 5.74) is 0. The van der Waals surface area contributed by atoms with Crippen LogP contribution in [0, 0.1) is 0 Å². The van der Waals surface area contributed by atoms with Crippen molar-refractivity contribution in [3.63, 3.8) is 0 Å². The molecule has 2 saturated heterocycles. The van der Waals surface area contributed by atoms with Crippen LogP contribution in [0.1, 0.15) is 25.7 Å². The quantitative estimate of drug-likeness (QED) is 0.672. The van der Waals surface area contributed by atoms with Crippen molar-refractivity contribution in [3.05, 3.63) is 18.5 Å². The van der Waals surface area contributed by atoms with Crippen molar-refractivity contribution in [1.29, 1.82) is 0 Å². The highest BCUT2D eigenvalue weighted by Gasteiger charge is 2.24. The van der Waals surface area contributed by atoms with Crippen LogP contribution in [-0.2, 0) is 19.1 Å². The first kappa shape index (κ1) is 19.1. The van der Waals surface area contributed by atoms with E-state index in [9.17, 15) is 14.4 Å². The fourth-order valence-electron chi connectivity index (χ4n) is 3.25. The molecule has 9 nitrogen and oxygen atoms in total. The number of esters is 1. The molecule has 1 aromatic heterocycles. The Balaban J connectivity index is 1.39. The SMILES string of the molecule is O=C(CN1CCCCCC1=O)OCC(=O)N1CCN(c2ncccn2)CC1. The number of nitrogens with zero attached hydrogens (tertiary/aromatic N) is 5. The fourth-order valence-corrected chi connectivity index (χ4v) is 3.25. The number of carbonyl (C=O) groups excluding carboxylic acids is 3. The predicted molar refractivity (Wildman–Crippen MR) is 96.8 cm³/mol. The van der Waals surface area contributed by atoms with Crippen molar-refractivity contribution in [2.24, 2.45) is 0 Å². The number of rotatable bonds is 5. The standard InChI is InChI=1S/C18H25N5O4/c24-15-5-2-1-3-8-23(15)13-17(26)27-14-16(25)21-9-11-22(12-10-21)18-19-6-4-7-20-18/h4,6-7H,1-3,5,8-14H2. The zero-order valence-corrected chi connectivity index (χ0v) is 15.4. The van der Waals surface area contributed by atoms with Crippen LogP contribution < -0.4 is 4.90 Å². The van der Waals surface area contributed by atoms with Gasteiger partial charge in [0, 0.05) is 51.5 Å². The molecule has 0 radical (unpaired) electrons. The molecule has 0 saturated carbocycles. The third kappa shape index (κ3) is 5.38. The lowest BCUT2D eigenvalue weighted by Gasteiger charge is -2.34. The van der Waals surface area contributed by atoms with Gasteiger partial charge in [-0.3, -0.25) is 14.4 Å². The molecule has 2 amide bonds. The Morgan fingerprint density at radius 3 is 2.48 bits per heavy atom. The summed E-state index contributed by atoms with van der Waals surface area (Å²) < 4.78 is 5.10. The van der Waals surface area contributed by atoms with Gasteiger partial charge >= 0.3 is 5.97 Å². The largest absolute Gasteiger partial charge is 0.454 e. The Bertz CT molecular complexity index is 661. The number of carbonyl (C=O) groups is 3. The third-order valence-electron chi connectivity index (χ3n) is 4.82. The average molecular weight is 375 g/mol. The lowest BCUT2D eigenvalue weighted by molar-refractivity contribution is -0.154. The van der Waals surface area contributed by atoms with Crippen molar-refractivity contribution in [1.82, 2.24) is 19.8 Å². The van der Waals surface area contributed by atoms with E-state index >= 15 is 0 Å². The first-order chi connectivity index (χ1) is 13.1. The molecule has 9 heteroatoms. The summed E-state index contributed by atoms with van der Waals surface area (Å²) in [6.45, 7) is 2.52. The molecule has 0 atom stereocenters. The summed E-state index contributed by atoms with van der Waals surface area (Å²) in [4.78, 5) is 49.8. The van der Waals surface area contributed by atoms with E-state index in [0.29, 0.717) is 45.1 Å². The number of piperazine rings is 1. The third-order valence-corrected chi connectivity index (χ3v) is 4.82. The van der Waals surface area contributed by atoms with Crippen LogP contribution in [0.25, 0.3) is 0 Å². The van der Waals surface area contributed by atoms with Gasteiger partial charge < -0.3 is 19.4 Å². The number of likely N-dealkylation sites (tertiary alicyclic amines) is 1. The summed E-state index contributed by atoms with van der Waals surface area (Å²) in [5, 5.41) is 0. The minimum absolute atomic E-state index is 0.0185. The maximum absolute atomic E-state index is 12.3. The van der Waals surface area contributed by atoms with E-state index in [-0.39, 0.29) is 25.0 Å². The van der Waals surface area contributed by atoms with Crippen molar-refractivity contribution >= 4 is 23.7 Å². The van der Waals surface area contributed by atoms with Crippen molar-refractivity contribution < 1.29 is 19.1 Å². The summed E-state index contributed by atoms with van der Waals surface area (Å²) in [6.07, 6.45) is 6.61. The molecule has 0 aliphatic carbocycles. The van der Waals surface area contributed by atoms with E-state index < -0.39 is 5.97 Å². The van der Waals surface area contributed by atoms with Gasteiger partial charge in [-0.2, -0.15) is 0 Å². The van der Waals surface area contributed by atoms with Gasteiger partial charge in [0.2, 0.25) is 11.9 Å². The summed E-state index contributed by atoms with van der Waals surface area (Å²) in [6, 6.07) is 1.76. The normalized spacial score (nSPS) is 18.2. The molecule has 0 bridgehead atoms. The number of hydrogen-bond acceptors (Lipinski definition) is 7. The maximum atomic E-state index is 12.3. The summed E-state index contributed by atoms with van der Waals surface area (Å²) >= 11 is 0. The highest BCUT2D eigenvalue weighted by Crippen LogP contribution is 2.12. The summed E-state index contributed by atoms with van der Waals surface area (Å²) in [7, 11) is 0. The van der Waals surface area contributed by atoms with Gasteiger partial charge in [-0.05, 0) is 18.9 Å². The molecule has 146 valence electrons. The van der Waals surface area contributed by atoms with Crippen molar-refractivity contribution in [2.45, 2.75) is 25.7 Å². The minimum atomic E-state index is -0.532. The number of amides is 2. The Morgan fingerprint density at radius 2 is 1.74 bits per heavy atom. The predicted octanol–water partition coefficient (Wildman–Crippen LogP) is 0.0710. The number of aromatic nitrogens is 2. The van der Waals surface area contributed by atoms with E-state index in [2.05, 4.69) is 9.97 Å². The van der Waals surface area contributed by atoms with Gasteiger partial charge in [0.15, 0.2) is 6.61 Å². The molecule has 3 heterocycles. The average Bonchev–Trinajstić information content (AvgIpc) is 2.91. The molecule has 0 spiro atoms. The van der Waals surface area contributed by atoms with Gasteiger partial charge in [-0.15, -0.1) is 0 Å². The second-order valence-electron chi connectivity index (χ2n) is 6.70. The molecule has 3 rings (SSSR count). The van der Waals surface area contributed by atoms with Crippen LogP contribution in [0.15, 0.2) is 18.5 Å². The lowest BCUT2D eigenvalue weighted by Crippen LogP contribution is -2.50. The van der Waals surface area contributed by atoms with Crippen LogP contribution in [0.4, 0.5) is 5.95 Å². The first-order valence-corrected chi connectivity index (χ1v) is 9.36. The molecule has 0 unspecified atom stereocenters. The monoisotopic (exact) mass is 375 g/mol. The second kappa shape index (κ2) is 9.29. The molecule has 0 aromatic carbocycles. The molecule has 2 aliphatic rings. The molecule has 2 aliphatic heterocycles. The lowest BCUT2D eigenvalue weighted by atomic mass is 10.2. The van der Waals surface area contributed by atoms with E-state index in [1.807, 2.05) is 4.90 Å². The number of ether oxygens (including phenoxy) is 1. The van der Waals surface area contributed by atoms with Crippen LogP contribution in [-0.4, -0.2) is 83.4 Å². The van der Waals surface area contributed by atoms with E-state index in [4.69, 9.17) is 4.74 Å². The first-order valence-electron chi connectivity index (χ1n) is 9.36. The van der Waals surface area contributed by atoms with E-state index in [0.717, 1.165) is 19.3 Å². The Labute approximate surface area is 158 Å². The number of hydrogen-bond donors (Lipinski definition) is 0. The molecular weight excluding hydrogens is 350 g/mol. The molecular formula is C18H25N5O4. The van der Waals surface area contributed by atoms with Gasteiger partial charge in [-0.1, -0.05) is 6.42 Å². The van der Waals surface area contributed by atoms with Crippen molar-refractivity contribution in [2.75, 3.05) is 50.8 Å². The zero-order chi connectivity index (χ0) is 19.1. The van der Waals surface area contributed by atoms with Gasteiger partial charge in [0.25, 0.3) is 5.91 Å². The molecule has 27 heavy (non-hydrogen) atoms. The highest BCUT2D eigenvalue weighted by atomic mass is 16.5. The van der Waals surface area contributed by atoms with Crippen LogP contribution in [0.5, 0.6) is 0 Å². The summed E-state index contributed by atoms with van der Waals surface area (Å²) in [5.74, 6) is -0.123. The van der Waals surface area contributed by atoms with Crippen LogP contribution in [0.3, 0.4) is 0 Å². The van der Waals surface area contributed by atoms with Gasteiger partial charge in [0.1, 0.15) is 6.54 Å². The van der Waals surface area contributed by atoms with Crippen molar-refractivity contribution in [3.8, 4) is 0 Å². The molecule has 0 N–H and O–H groups in total. The fraction of sp³-hybridized carbons (Fsp3) is 0.611. The Hall–Kier alpha value is -2.71. The van der Waals surface area contributed by atoms with Crippen LogP contribution in [0.2, 0.25) is 0 Å². The highest BCUT2D eigenvalue weighted by molar-refractivity contribution is 5.84. The Morgan fingerprint density at radius 1 is 1.00 bits per heavy atom. The second-order valence-corrected chi connectivity index (χ2v) is 6.70. The van der Waals surface area contributed by atoms with Crippen LogP contribution >= 0.6 is 0 Å².